The zero-order valence-corrected chi connectivity index (χ0v) is 20.6. The Labute approximate surface area is 210 Å². The Kier molecular flexibility index (Phi) is 8.15. The smallest absolute Gasteiger partial charge is 0.255 e. The fourth-order valence-corrected chi connectivity index (χ4v) is 5.22. The first-order chi connectivity index (χ1) is 17.3. The molecule has 1 aromatic rings. The Balaban J connectivity index is 0.000000174. The van der Waals surface area contributed by atoms with Crippen molar-refractivity contribution in [2.75, 3.05) is 13.2 Å². The van der Waals surface area contributed by atoms with Crippen LogP contribution < -0.4 is 16.4 Å². The molecule has 2 fully saturated rings. The number of hydrogen-bond donors (Lipinski definition) is 4. The molecule has 0 spiro atoms. The van der Waals surface area contributed by atoms with E-state index in [4.69, 9.17) is 15.9 Å². The number of fused-ring (bicyclic) bond motifs is 1. The van der Waals surface area contributed by atoms with Crippen LogP contribution in [0.4, 0.5) is 4.39 Å². The van der Waals surface area contributed by atoms with Crippen molar-refractivity contribution in [2.45, 2.75) is 76.5 Å². The molecule has 1 aromatic carbocycles. The van der Waals surface area contributed by atoms with Gasteiger partial charge in [-0.05, 0) is 56.2 Å². The van der Waals surface area contributed by atoms with Crippen molar-refractivity contribution < 1.29 is 23.5 Å². The molecule has 3 amide bonds. The summed E-state index contributed by atoms with van der Waals surface area (Å²) in [4.78, 5) is 36.6. The molecule has 3 heterocycles. The molecule has 3 atom stereocenters. The number of amides is 3. The number of nitrogens with zero attached hydrogens (tertiary/aromatic N) is 1. The fraction of sp³-hybridized carbons (Fsp3) is 0.538. The largest absolute Gasteiger partial charge is 0.402 e. The monoisotopic (exact) mass is 499 g/mol. The van der Waals surface area contributed by atoms with Gasteiger partial charge in [0.25, 0.3) is 5.91 Å². The number of aryl methyl sites for hydroxylation is 1. The van der Waals surface area contributed by atoms with Gasteiger partial charge in [-0.15, -0.1) is 0 Å². The number of imide groups is 1. The molecule has 3 unspecified atom stereocenters. The van der Waals surface area contributed by atoms with Crippen LogP contribution in [0.15, 0.2) is 23.4 Å². The Morgan fingerprint density at radius 2 is 2.00 bits per heavy atom. The number of nitrogens with two attached hydrogens (primary N) is 1. The summed E-state index contributed by atoms with van der Waals surface area (Å²) in [6, 6.07) is 3.40. The van der Waals surface area contributed by atoms with Crippen molar-refractivity contribution >= 4 is 23.9 Å². The number of ether oxygens (including phenoxy) is 1. The van der Waals surface area contributed by atoms with Crippen LogP contribution in [-0.4, -0.2) is 60.2 Å². The van der Waals surface area contributed by atoms with Crippen LogP contribution in [0.3, 0.4) is 0 Å². The highest BCUT2D eigenvalue weighted by Gasteiger charge is 2.40. The summed E-state index contributed by atoms with van der Waals surface area (Å²) in [6.07, 6.45) is 7.13. The first-order valence-electron chi connectivity index (χ1n) is 12.5. The molecule has 5 N–H and O–H groups in total. The van der Waals surface area contributed by atoms with Gasteiger partial charge in [0.05, 0.1) is 13.2 Å². The summed E-state index contributed by atoms with van der Waals surface area (Å²) >= 11 is 0. The maximum atomic E-state index is 14.0. The van der Waals surface area contributed by atoms with E-state index >= 15 is 0 Å². The summed E-state index contributed by atoms with van der Waals surface area (Å²) < 4.78 is 19.5. The lowest BCUT2D eigenvalue weighted by atomic mass is 9.92. The zero-order valence-electron chi connectivity index (χ0n) is 20.6. The molecule has 10 heteroatoms. The third-order valence-electron chi connectivity index (χ3n) is 7.29. The van der Waals surface area contributed by atoms with Crippen molar-refractivity contribution in [1.29, 1.82) is 5.41 Å². The van der Waals surface area contributed by atoms with Gasteiger partial charge in [0.15, 0.2) is 0 Å². The third-order valence-corrected chi connectivity index (χ3v) is 7.29. The summed E-state index contributed by atoms with van der Waals surface area (Å²) in [7, 11) is 0. The van der Waals surface area contributed by atoms with Crippen LogP contribution in [-0.2, 0) is 20.9 Å². The summed E-state index contributed by atoms with van der Waals surface area (Å²) in [5, 5.41) is 13.1. The number of carbonyl (C=O) groups is 3. The topological polar surface area (TPSA) is 138 Å². The van der Waals surface area contributed by atoms with Crippen molar-refractivity contribution in [2.24, 2.45) is 5.73 Å². The van der Waals surface area contributed by atoms with E-state index in [1.165, 1.54) is 17.5 Å². The highest BCUT2D eigenvalue weighted by molar-refractivity contribution is 6.05. The predicted molar refractivity (Wildman–Crippen MR) is 132 cm³/mol. The Hall–Kier alpha value is -3.11. The molecule has 194 valence electrons. The van der Waals surface area contributed by atoms with Crippen molar-refractivity contribution in [3.8, 4) is 0 Å². The number of rotatable bonds is 4. The molecule has 4 aliphatic rings. The van der Waals surface area contributed by atoms with E-state index < -0.39 is 17.8 Å². The van der Waals surface area contributed by atoms with Crippen molar-refractivity contribution in [1.82, 2.24) is 15.5 Å². The van der Waals surface area contributed by atoms with Crippen LogP contribution in [0.2, 0.25) is 0 Å². The summed E-state index contributed by atoms with van der Waals surface area (Å²) in [6.45, 7) is 3.45. The van der Waals surface area contributed by atoms with Gasteiger partial charge in [0.2, 0.25) is 11.8 Å². The molecule has 0 radical (unpaired) electrons. The Morgan fingerprint density at radius 1 is 1.19 bits per heavy atom. The quantitative estimate of drug-likeness (QED) is 0.370. The SMILES string of the molecule is Cc1ccc2c(c1F)CN(C1CCC(=O)NC1=O)C2=O.N=CC1=C(N)CC(NC2CCCOC2)CC1. The summed E-state index contributed by atoms with van der Waals surface area (Å²) in [5.74, 6) is -1.57. The van der Waals surface area contributed by atoms with Crippen LogP contribution in [0, 0.1) is 18.2 Å². The lowest BCUT2D eigenvalue weighted by molar-refractivity contribution is -0.136. The molecule has 0 bridgehead atoms. The van der Waals surface area contributed by atoms with Gasteiger partial charge >= 0.3 is 0 Å². The molecule has 36 heavy (non-hydrogen) atoms. The number of halogens is 1. The second kappa shape index (κ2) is 11.3. The van der Waals surface area contributed by atoms with E-state index in [1.807, 2.05) is 0 Å². The first-order valence-corrected chi connectivity index (χ1v) is 12.5. The molecule has 0 saturated carbocycles. The molecule has 1 aliphatic carbocycles. The van der Waals surface area contributed by atoms with Gasteiger partial charge in [-0.1, -0.05) is 6.07 Å². The van der Waals surface area contributed by atoms with Gasteiger partial charge in [-0.25, -0.2) is 4.39 Å². The Morgan fingerprint density at radius 3 is 2.67 bits per heavy atom. The third kappa shape index (κ3) is 5.65. The summed E-state index contributed by atoms with van der Waals surface area (Å²) in [5.41, 5.74) is 8.95. The highest BCUT2D eigenvalue weighted by atomic mass is 19.1. The molecular weight excluding hydrogens is 465 g/mol. The van der Waals surface area contributed by atoms with Crippen molar-refractivity contribution in [3.05, 3.63) is 45.9 Å². The second-order valence-corrected chi connectivity index (χ2v) is 9.84. The van der Waals surface area contributed by atoms with E-state index in [-0.39, 0.29) is 31.2 Å². The number of benzene rings is 1. The van der Waals surface area contributed by atoms with E-state index in [9.17, 15) is 18.8 Å². The number of hydrogen-bond acceptors (Lipinski definition) is 7. The molecule has 2 saturated heterocycles. The molecular formula is C26H34FN5O4. The Bertz CT molecular complexity index is 1080. The standard InChI is InChI=1S/C14H13FN2O3.C12H21N3O/c1-7-2-3-8-9(12(7)15)6-17(14(8)20)10-4-5-11(18)16-13(10)19;13-7-9-3-4-10(6-12(9)14)15-11-2-1-5-16-8-11/h2-3,10H,4-6H2,1H3,(H,16,18,19);7,10-11,13,15H,1-6,8,14H2. The van der Waals surface area contributed by atoms with E-state index in [0.717, 1.165) is 50.2 Å². The lowest BCUT2D eigenvalue weighted by Crippen LogP contribution is -2.52. The average molecular weight is 500 g/mol. The number of piperidine rings is 1. The minimum Gasteiger partial charge on any atom is -0.402 e. The highest BCUT2D eigenvalue weighted by Crippen LogP contribution is 2.30. The second-order valence-electron chi connectivity index (χ2n) is 9.84. The minimum atomic E-state index is -0.702. The normalized spacial score (nSPS) is 26.2. The van der Waals surface area contributed by atoms with E-state index in [1.54, 1.807) is 19.1 Å². The fourth-order valence-electron chi connectivity index (χ4n) is 5.22. The number of nitrogens with one attached hydrogen (secondary N) is 3. The van der Waals surface area contributed by atoms with Gasteiger partial charge in [0, 0.05) is 54.6 Å². The van der Waals surface area contributed by atoms with Gasteiger partial charge in [0.1, 0.15) is 11.9 Å². The van der Waals surface area contributed by atoms with Crippen LogP contribution >= 0.6 is 0 Å². The van der Waals surface area contributed by atoms with Gasteiger partial charge in [-0.2, -0.15) is 0 Å². The maximum absolute atomic E-state index is 14.0. The molecule has 5 rings (SSSR count). The van der Waals surface area contributed by atoms with Crippen LogP contribution in [0.25, 0.3) is 0 Å². The molecule has 9 nitrogen and oxygen atoms in total. The maximum Gasteiger partial charge on any atom is 0.255 e. The number of carbonyl (C=O) groups excluding carboxylic acids is 3. The lowest BCUT2D eigenvalue weighted by Gasteiger charge is -2.31. The zero-order chi connectivity index (χ0) is 25.8. The van der Waals surface area contributed by atoms with Crippen LogP contribution in [0.1, 0.15) is 66.4 Å². The van der Waals surface area contributed by atoms with E-state index in [0.29, 0.717) is 28.8 Å². The average Bonchev–Trinajstić information content (AvgIpc) is 3.19. The minimum absolute atomic E-state index is 0.0773. The first kappa shape index (κ1) is 26.0. The number of allylic oxidation sites excluding steroid dienone is 1. The van der Waals surface area contributed by atoms with Crippen LogP contribution in [0.5, 0.6) is 0 Å². The van der Waals surface area contributed by atoms with Gasteiger partial charge in [-0.3, -0.25) is 19.7 Å². The van der Waals surface area contributed by atoms with Crippen molar-refractivity contribution in [3.63, 3.8) is 0 Å². The van der Waals surface area contributed by atoms with Gasteiger partial charge < -0.3 is 26.1 Å². The molecule has 0 aromatic heterocycles. The predicted octanol–water partition coefficient (Wildman–Crippen LogP) is 2.06. The molecule has 3 aliphatic heterocycles. The van der Waals surface area contributed by atoms with E-state index in [2.05, 4.69) is 10.6 Å².